The quantitative estimate of drug-likeness (QED) is 0.272. The maximum absolute atomic E-state index is 14.0. The number of Topliss-reactive ketones (excluding diaryl/α,β-unsaturated/α-hetero) is 1. The Morgan fingerprint density at radius 3 is 2.58 bits per heavy atom. The molecule has 3 heterocycles. The molecule has 5 rings (SSSR count). The van der Waals surface area contributed by atoms with Gasteiger partial charge in [0.1, 0.15) is 16.9 Å². The first kappa shape index (κ1) is 30.2. The molecule has 0 saturated carbocycles. The number of amides is 1. The third-order valence-electron chi connectivity index (χ3n) is 7.28. The van der Waals surface area contributed by atoms with Gasteiger partial charge in [0, 0.05) is 30.4 Å². The molecule has 1 atom stereocenters. The highest BCUT2D eigenvalue weighted by atomic mass is 35.5. The lowest BCUT2D eigenvalue weighted by atomic mass is 10.1. The van der Waals surface area contributed by atoms with Crippen LogP contribution in [0.1, 0.15) is 49.5 Å². The van der Waals surface area contributed by atoms with E-state index in [9.17, 15) is 14.4 Å². The van der Waals surface area contributed by atoms with E-state index in [0.717, 1.165) is 18.4 Å². The molecule has 0 unspecified atom stereocenters. The first-order valence-electron chi connectivity index (χ1n) is 14.3. The Morgan fingerprint density at radius 1 is 1.09 bits per heavy atom. The first-order chi connectivity index (χ1) is 20.5. The lowest BCUT2D eigenvalue weighted by molar-refractivity contribution is 0.0499. The summed E-state index contributed by atoms with van der Waals surface area (Å²) in [5, 5.41) is 3.55. The van der Waals surface area contributed by atoms with Gasteiger partial charge in [-0.05, 0) is 63.4 Å². The van der Waals surface area contributed by atoms with Crippen LogP contribution in [-0.2, 0) is 17.8 Å². The minimum Gasteiger partial charge on any atom is -0.496 e. The fourth-order valence-electron chi connectivity index (χ4n) is 5.34. The number of halogens is 1. The standard InChI is InChI=1S/C32H36ClN5O5/c1-32(2,3)43-31(41)34-22-11-9-16-37(19-22)30-35-25-15-17-36(20-26(39)23-12-6-8-14-27(23)42-4)29(40)28(25)38(30)18-21-10-5-7-13-24(21)33/h5-8,10,12-15,17,22H,9,11,16,18-20H2,1-4H3,(H,34,41)/t22-/m1/s1. The van der Waals surface area contributed by atoms with Crippen LogP contribution in [0.4, 0.5) is 10.7 Å². The van der Waals surface area contributed by atoms with E-state index < -0.39 is 11.7 Å². The summed E-state index contributed by atoms with van der Waals surface area (Å²) in [6.07, 6.45) is 2.73. The zero-order chi connectivity index (χ0) is 30.7. The topological polar surface area (TPSA) is 108 Å². The Bertz CT molecular complexity index is 1710. The largest absolute Gasteiger partial charge is 0.496 e. The number of benzene rings is 2. The number of para-hydroxylation sites is 1. The second-order valence-corrected chi connectivity index (χ2v) is 12.0. The highest BCUT2D eigenvalue weighted by Gasteiger charge is 2.28. The van der Waals surface area contributed by atoms with Crippen LogP contribution in [0.15, 0.2) is 65.6 Å². The minimum absolute atomic E-state index is 0.159. The zero-order valence-corrected chi connectivity index (χ0v) is 25.6. The van der Waals surface area contributed by atoms with Gasteiger partial charge in [0.2, 0.25) is 5.95 Å². The maximum atomic E-state index is 14.0. The van der Waals surface area contributed by atoms with Crippen molar-refractivity contribution in [1.82, 2.24) is 19.4 Å². The number of aromatic nitrogens is 3. The number of hydrogen-bond donors (Lipinski definition) is 1. The van der Waals surface area contributed by atoms with Gasteiger partial charge in [-0.2, -0.15) is 0 Å². The molecule has 2 aromatic carbocycles. The number of carbonyl (C=O) groups is 2. The molecule has 11 heteroatoms. The number of pyridine rings is 1. The molecule has 1 saturated heterocycles. The van der Waals surface area contributed by atoms with E-state index in [1.165, 1.54) is 11.7 Å². The van der Waals surface area contributed by atoms with Gasteiger partial charge in [-0.1, -0.05) is 41.9 Å². The number of nitrogens with zero attached hydrogens (tertiary/aromatic N) is 4. The smallest absolute Gasteiger partial charge is 0.407 e. The van der Waals surface area contributed by atoms with Crippen LogP contribution in [0, 0.1) is 0 Å². The van der Waals surface area contributed by atoms with Crippen LogP contribution in [0.3, 0.4) is 0 Å². The lowest BCUT2D eigenvalue weighted by Crippen LogP contribution is -2.49. The van der Waals surface area contributed by atoms with Gasteiger partial charge in [-0.25, -0.2) is 9.78 Å². The Labute approximate surface area is 255 Å². The van der Waals surface area contributed by atoms with Crippen LogP contribution in [0.2, 0.25) is 5.02 Å². The van der Waals surface area contributed by atoms with Gasteiger partial charge in [-0.3, -0.25) is 9.59 Å². The summed E-state index contributed by atoms with van der Waals surface area (Å²) in [6.45, 7) is 6.80. The molecule has 0 radical (unpaired) electrons. The number of alkyl carbamates (subject to hydrolysis) is 1. The lowest BCUT2D eigenvalue weighted by Gasteiger charge is -2.34. The SMILES string of the molecule is COc1ccccc1C(=O)Cn1ccc2nc(N3CCC[C@@H](NC(=O)OC(C)(C)C)C3)n(Cc3ccccc3Cl)c2c1=O. The van der Waals surface area contributed by atoms with Crippen molar-refractivity contribution in [3.63, 3.8) is 0 Å². The van der Waals surface area contributed by atoms with Crippen LogP contribution in [0.25, 0.3) is 11.0 Å². The van der Waals surface area contributed by atoms with Gasteiger partial charge in [0.15, 0.2) is 5.78 Å². The Hall–Kier alpha value is -4.31. The zero-order valence-electron chi connectivity index (χ0n) is 24.8. The number of nitrogens with one attached hydrogen (secondary N) is 1. The number of ether oxygens (including phenoxy) is 2. The summed E-state index contributed by atoms with van der Waals surface area (Å²) in [7, 11) is 1.51. The summed E-state index contributed by atoms with van der Waals surface area (Å²) >= 11 is 6.55. The van der Waals surface area contributed by atoms with Gasteiger partial charge in [0.05, 0.1) is 31.3 Å². The average Bonchev–Trinajstić information content (AvgIpc) is 3.33. The van der Waals surface area contributed by atoms with E-state index in [-0.39, 0.29) is 23.9 Å². The Kier molecular flexibility index (Phi) is 8.77. The molecule has 10 nitrogen and oxygen atoms in total. The maximum Gasteiger partial charge on any atom is 0.407 e. The predicted molar refractivity (Wildman–Crippen MR) is 166 cm³/mol. The molecular formula is C32H36ClN5O5. The van der Waals surface area contributed by atoms with Gasteiger partial charge >= 0.3 is 6.09 Å². The average molecular weight is 606 g/mol. The number of ketones is 1. The van der Waals surface area contributed by atoms with Crippen molar-refractivity contribution in [2.24, 2.45) is 0 Å². The van der Waals surface area contributed by atoms with Gasteiger partial charge in [0.25, 0.3) is 5.56 Å². The molecule has 1 aliphatic rings. The van der Waals surface area contributed by atoms with Crippen molar-refractivity contribution in [2.45, 2.75) is 58.3 Å². The van der Waals surface area contributed by atoms with E-state index in [1.807, 2.05) is 49.6 Å². The normalized spacial score (nSPS) is 15.4. The third-order valence-corrected chi connectivity index (χ3v) is 7.65. The summed E-state index contributed by atoms with van der Waals surface area (Å²) in [6, 6.07) is 16.0. The number of carbonyl (C=O) groups excluding carboxylic acids is 2. The second kappa shape index (κ2) is 12.5. The minimum atomic E-state index is -0.603. The monoisotopic (exact) mass is 605 g/mol. The number of anilines is 1. The fourth-order valence-corrected chi connectivity index (χ4v) is 5.54. The van der Waals surface area contributed by atoms with E-state index in [4.69, 9.17) is 26.1 Å². The molecule has 1 aliphatic heterocycles. The molecule has 4 aromatic rings. The highest BCUT2D eigenvalue weighted by Crippen LogP contribution is 2.27. The molecule has 1 amide bonds. The molecule has 0 aliphatic carbocycles. The summed E-state index contributed by atoms with van der Waals surface area (Å²) in [5.41, 5.74) is 1.16. The molecule has 1 fully saturated rings. The number of piperidine rings is 1. The van der Waals surface area contributed by atoms with Crippen LogP contribution in [-0.4, -0.2) is 57.8 Å². The molecule has 0 bridgehead atoms. The Balaban J connectivity index is 1.52. The Morgan fingerprint density at radius 2 is 1.84 bits per heavy atom. The first-order valence-corrected chi connectivity index (χ1v) is 14.7. The third kappa shape index (κ3) is 6.85. The van der Waals surface area contributed by atoms with Gasteiger partial charge < -0.3 is 28.8 Å². The molecule has 0 spiro atoms. The second-order valence-electron chi connectivity index (χ2n) is 11.6. The van der Waals surface area contributed by atoms with Crippen molar-refractivity contribution in [1.29, 1.82) is 0 Å². The fraction of sp³-hybridized carbons (Fsp3) is 0.375. The summed E-state index contributed by atoms with van der Waals surface area (Å²) in [5.74, 6) is 0.798. The van der Waals surface area contributed by atoms with E-state index in [1.54, 1.807) is 36.5 Å². The van der Waals surface area contributed by atoms with Crippen molar-refractivity contribution >= 4 is 40.5 Å². The van der Waals surface area contributed by atoms with Crippen molar-refractivity contribution in [3.05, 3.63) is 87.3 Å². The number of methoxy groups -OCH3 is 1. The van der Waals surface area contributed by atoms with Crippen LogP contribution >= 0.6 is 11.6 Å². The van der Waals surface area contributed by atoms with Crippen molar-refractivity contribution in [2.75, 3.05) is 25.1 Å². The number of hydrogen-bond acceptors (Lipinski definition) is 7. The number of fused-ring (bicyclic) bond motifs is 1. The van der Waals surface area contributed by atoms with Crippen molar-refractivity contribution in [3.8, 4) is 5.75 Å². The summed E-state index contributed by atoms with van der Waals surface area (Å²) in [4.78, 5) is 46.7. The number of imidazole rings is 1. The van der Waals surface area contributed by atoms with E-state index >= 15 is 0 Å². The van der Waals surface area contributed by atoms with Crippen molar-refractivity contribution < 1.29 is 19.1 Å². The van der Waals surface area contributed by atoms with E-state index in [2.05, 4.69) is 10.2 Å². The molecule has 2 aromatic heterocycles. The number of rotatable bonds is 8. The predicted octanol–water partition coefficient (Wildman–Crippen LogP) is 5.28. The van der Waals surface area contributed by atoms with Gasteiger partial charge in [-0.15, -0.1) is 0 Å². The van der Waals surface area contributed by atoms with Crippen LogP contribution < -0.4 is 20.5 Å². The van der Waals surface area contributed by atoms with Crippen LogP contribution in [0.5, 0.6) is 5.75 Å². The molecule has 226 valence electrons. The van der Waals surface area contributed by atoms with E-state index in [0.29, 0.717) is 53.0 Å². The highest BCUT2D eigenvalue weighted by molar-refractivity contribution is 6.31. The summed E-state index contributed by atoms with van der Waals surface area (Å²) < 4.78 is 14.1. The molecular weight excluding hydrogens is 570 g/mol. The molecule has 1 N–H and O–H groups in total. The molecule has 43 heavy (non-hydrogen) atoms.